The van der Waals surface area contributed by atoms with Crippen LogP contribution in [0.25, 0.3) is 6.08 Å². The molecule has 0 unspecified atom stereocenters. The Morgan fingerprint density at radius 2 is 1.90 bits per heavy atom. The molecule has 1 aliphatic rings. The molecular weight excluding hydrogens is 424 g/mol. The Hall–Kier alpha value is -3.66. The number of hydrogen-bond donors (Lipinski definition) is 0. The molecule has 2 aromatic carbocycles. The molecule has 1 heterocycles. The van der Waals surface area contributed by atoms with Crippen LogP contribution in [0.5, 0.6) is 11.5 Å². The number of ether oxygens (including phenoxy) is 2. The minimum atomic E-state index is -0.683. The number of nitro benzene ring substituents is 1. The van der Waals surface area contributed by atoms with Crippen LogP contribution in [0.3, 0.4) is 0 Å². The second kappa shape index (κ2) is 9.43. The van der Waals surface area contributed by atoms with E-state index >= 15 is 0 Å². The van der Waals surface area contributed by atoms with E-state index < -0.39 is 27.7 Å². The first-order valence-electron chi connectivity index (χ1n) is 9.23. The lowest BCUT2D eigenvalue weighted by atomic mass is 10.1. The molecule has 2 aromatic rings. The number of benzene rings is 2. The zero-order chi connectivity index (χ0) is 22.5. The molecule has 2 amide bonds. The van der Waals surface area contributed by atoms with Gasteiger partial charge in [0, 0.05) is 6.92 Å². The summed E-state index contributed by atoms with van der Waals surface area (Å²) in [5.41, 5.74) is 0.367. The number of amides is 2. The molecule has 9 nitrogen and oxygen atoms in total. The third kappa shape index (κ3) is 4.92. The summed E-state index contributed by atoms with van der Waals surface area (Å²) >= 11 is 0.700. The van der Waals surface area contributed by atoms with Crippen LogP contribution in [0.15, 0.2) is 47.4 Å². The van der Waals surface area contributed by atoms with Gasteiger partial charge >= 0.3 is 11.7 Å². The summed E-state index contributed by atoms with van der Waals surface area (Å²) in [6, 6.07) is 11.7. The third-order valence-corrected chi connectivity index (χ3v) is 5.10. The molecular formula is C21H18N2O7S. The molecule has 160 valence electrons. The highest BCUT2D eigenvalue weighted by molar-refractivity contribution is 8.18. The largest absolute Gasteiger partial charge is 0.485 e. The summed E-state index contributed by atoms with van der Waals surface area (Å²) in [5.74, 6) is -1.53. The van der Waals surface area contributed by atoms with Crippen molar-refractivity contribution in [2.45, 2.75) is 20.4 Å². The number of thioether (sulfide) groups is 1. The Morgan fingerprint density at radius 1 is 1.19 bits per heavy atom. The van der Waals surface area contributed by atoms with Gasteiger partial charge in [0.25, 0.3) is 11.1 Å². The maximum atomic E-state index is 12.8. The summed E-state index contributed by atoms with van der Waals surface area (Å²) in [7, 11) is 0. The highest BCUT2D eigenvalue weighted by atomic mass is 32.2. The summed E-state index contributed by atoms with van der Waals surface area (Å²) in [6.45, 7) is 2.98. The van der Waals surface area contributed by atoms with Gasteiger partial charge in [-0.2, -0.15) is 0 Å². The standard InChI is InChI=1S/C21H18N2O7S/c1-3-29-19-16(30-13(2)24)10-9-15(18(19)23(27)28)11-17-20(25)22(21(26)31-17)12-14-7-5-4-6-8-14/h4-11H,3,12H2,1-2H3/b17-11-. The normalized spacial score (nSPS) is 14.8. The average molecular weight is 442 g/mol. The van der Waals surface area contributed by atoms with E-state index in [2.05, 4.69) is 0 Å². The number of esters is 1. The van der Waals surface area contributed by atoms with Crippen LogP contribution in [0.2, 0.25) is 0 Å². The molecule has 0 aliphatic carbocycles. The lowest BCUT2D eigenvalue weighted by Gasteiger charge is -2.12. The maximum absolute atomic E-state index is 12.8. The number of carbonyl (C=O) groups excluding carboxylic acids is 3. The zero-order valence-corrected chi connectivity index (χ0v) is 17.5. The van der Waals surface area contributed by atoms with E-state index in [0.29, 0.717) is 11.8 Å². The van der Waals surface area contributed by atoms with Crippen LogP contribution < -0.4 is 9.47 Å². The van der Waals surface area contributed by atoms with Crippen LogP contribution >= 0.6 is 11.8 Å². The molecule has 0 N–H and O–H groups in total. The predicted molar refractivity (Wildman–Crippen MR) is 114 cm³/mol. The zero-order valence-electron chi connectivity index (χ0n) is 16.7. The Kier molecular flexibility index (Phi) is 6.71. The van der Waals surface area contributed by atoms with E-state index in [1.165, 1.54) is 18.2 Å². The number of rotatable bonds is 7. The van der Waals surface area contributed by atoms with Gasteiger partial charge in [-0.1, -0.05) is 30.3 Å². The topological polar surface area (TPSA) is 116 Å². The Morgan fingerprint density at radius 3 is 2.52 bits per heavy atom. The first-order chi connectivity index (χ1) is 14.8. The Labute approximate surface area is 181 Å². The van der Waals surface area contributed by atoms with Crippen LogP contribution in [0.1, 0.15) is 25.0 Å². The number of imide groups is 1. The molecule has 1 fully saturated rings. The second-order valence-electron chi connectivity index (χ2n) is 6.37. The molecule has 1 aliphatic heterocycles. The fraction of sp³-hybridized carbons (Fsp3) is 0.190. The van der Waals surface area contributed by atoms with E-state index in [9.17, 15) is 24.5 Å². The van der Waals surface area contributed by atoms with Crippen molar-refractivity contribution in [2.75, 3.05) is 6.61 Å². The van der Waals surface area contributed by atoms with Crippen molar-refractivity contribution in [3.05, 3.63) is 68.6 Å². The highest BCUT2D eigenvalue weighted by Crippen LogP contribution is 2.42. The van der Waals surface area contributed by atoms with Gasteiger partial charge in [-0.05, 0) is 42.5 Å². The molecule has 0 aromatic heterocycles. The molecule has 0 radical (unpaired) electrons. The van der Waals surface area contributed by atoms with Gasteiger partial charge in [-0.15, -0.1) is 0 Å². The Bertz CT molecular complexity index is 1080. The summed E-state index contributed by atoms with van der Waals surface area (Å²) in [6.07, 6.45) is 1.27. The smallest absolute Gasteiger partial charge is 0.322 e. The average Bonchev–Trinajstić information content (AvgIpc) is 2.97. The Balaban J connectivity index is 1.99. The summed E-state index contributed by atoms with van der Waals surface area (Å²) in [5, 5.41) is 11.3. The van der Waals surface area contributed by atoms with Gasteiger partial charge in [0.05, 0.1) is 28.5 Å². The van der Waals surface area contributed by atoms with E-state index in [-0.39, 0.29) is 35.1 Å². The minimum Gasteiger partial charge on any atom is -0.485 e. The van der Waals surface area contributed by atoms with Crippen molar-refractivity contribution < 1.29 is 28.8 Å². The van der Waals surface area contributed by atoms with Crippen molar-refractivity contribution in [3.63, 3.8) is 0 Å². The first-order valence-corrected chi connectivity index (χ1v) is 10.0. The van der Waals surface area contributed by atoms with Crippen LogP contribution in [-0.2, 0) is 16.1 Å². The van der Waals surface area contributed by atoms with Crippen molar-refractivity contribution in [2.24, 2.45) is 0 Å². The molecule has 0 bridgehead atoms. The number of carbonyl (C=O) groups is 3. The summed E-state index contributed by atoms with van der Waals surface area (Å²) < 4.78 is 10.4. The quantitative estimate of drug-likeness (QED) is 0.206. The van der Waals surface area contributed by atoms with Gasteiger partial charge in [0.2, 0.25) is 5.75 Å². The lowest BCUT2D eigenvalue weighted by molar-refractivity contribution is -0.386. The lowest BCUT2D eigenvalue weighted by Crippen LogP contribution is -2.27. The maximum Gasteiger partial charge on any atom is 0.322 e. The predicted octanol–water partition coefficient (Wildman–Crippen LogP) is 4.16. The minimum absolute atomic E-state index is 0.0479. The molecule has 0 spiro atoms. The van der Waals surface area contributed by atoms with Crippen molar-refractivity contribution >= 4 is 40.6 Å². The van der Waals surface area contributed by atoms with E-state index in [1.807, 2.05) is 6.07 Å². The third-order valence-electron chi connectivity index (χ3n) is 4.20. The van der Waals surface area contributed by atoms with Crippen LogP contribution in [0.4, 0.5) is 10.5 Å². The number of nitro groups is 1. The first kappa shape index (κ1) is 22.0. The van der Waals surface area contributed by atoms with Crippen molar-refractivity contribution in [1.82, 2.24) is 4.90 Å². The molecule has 0 atom stereocenters. The van der Waals surface area contributed by atoms with E-state index in [4.69, 9.17) is 9.47 Å². The number of hydrogen-bond acceptors (Lipinski definition) is 8. The van der Waals surface area contributed by atoms with Gasteiger partial charge in [-0.25, -0.2) is 0 Å². The van der Waals surface area contributed by atoms with Crippen molar-refractivity contribution in [1.29, 1.82) is 0 Å². The van der Waals surface area contributed by atoms with E-state index in [1.54, 1.807) is 31.2 Å². The molecule has 1 saturated heterocycles. The molecule has 3 rings (SSSR count). The van der Waals surface area contributed by atoms with Crippen LogP contribution in [0, 0.1) is 10.1 Å². The number of nitrogens with zero attached hydrogens (tertiary/aromatic N) is 2. The molecule has 0 saturated carbocycles. The molecule has 31 heavy (non-hydrogen) atoms. The fourth-order valence-corrected chi connectivity index (χ4v) is 3.76. The summed E-state index contributed by atoms with van der Waals surface area (Å²) in [4.78, 5) is 48.7. The highest BCUT2D eigenvalue weighted by Gasteiger charge is 2.36. The van der Waals surface area contributed by atoms with Gasteiger partial charge in [-0.3, -0.25) is 29.4 Å². The second-order valence-corrected chi connectivity index (χ2v) is 7.36. The van der Waals surface area contributed by atoms with Crippen molar-refractivity contribution in [3.8, 4) is 11.5 Å². The molecule has 10 heteroatoms. The van der Waals surface area contributed by atoms with E-state index in [0.717, 1.165) is 17.4 Å². The van der Waals surface area contributed by atoms with Gasteiger partial charge < -0.3 is 9.47 Å². The van der Waals surface area contributed by atoms with Gasteiger partial charge in [0.15, 0.2) is 5.75 Å². The fourth-order valence-electron chi connectivity index (χ4n) is 2.94. The van der Waals surface area contributed by atoms with Gasteiger partial charge in [0.1, 0.15) is 0 Å². The van der Waals surface area contributed by atoms with Crippen LogP contribution in [-0.4, -0.2) is 33.5 Å². The SMILES string of the molecule is CCOc1c(OC(C)=O)ccc(/C=C2\SC(=O)N(Cc3ccccc3)C2=O)c1[N+](=O)[O-]. The monoisotopic (exact) mass is 442 g/mol.